The van der Waals surface area contributed by atoms with Crippen LogP contribution in [-0.2, 0) is 0 Å². The molecule has 1 aliphatic heterocycles. The number of hydrogen-bond donors (Lipinski definition) is 1. The van der Waals surface area contributed by atoms with Crippen molar-refractivity contribution < 1.29 is 0 Å². The lowest BCUT2D eigenvalue weighted by atomic mass is 10.1. The van der Waals surface area contributed by atoms with Gasteiger partial charge in [-0.15, -0.1) is 0 Å². The van der Waals surface area contributed by atoms with E-state index in [1.807, 2.05) is 12.3 Å². The predicted molar refractivity (Wildman–Crippen MR) is 80.5 cm³/mol. The first-order valence-corrected chi connectivity index (χ1v) is 7.11. The lowest BCUT2D eigenvalue weighted by molar-refractivity contribution is 0.348. The van der Waals surface area contributed by atoms with Crippen molar-refractivity contribution >= 4 is 16.6 Å². The minimum atomic E-state index is 0.577. The summed E-state index contributed by atoms with van der Waals surface area (Å²) in [6.45, 7) is 2.40. The van der Waals surface area contributed by atoms with E-state index in [0.29, 0.717) is 6.04 Å². The van der Waals surface area contributed by atoms with E-state index in [-0.39, 0.29) is 0 Å². The van der Waals surface area contributed by atoms with E-state index in [1.165, 1.54) is 37.7 Å². The van der Waals surface area contributed by atoms with Crippen molar-refractivity contribution in [3.63, 3.8) is 0 Å². The standard InChI is InChI=1S/C16H21N3/c1-19-9-4-6-14(8-10-19)18-15-11-13-5-2-3-7-16(13)17-12-15/h2-3,5,7,11-12,14,18H,4,6,8-10H2,1H3. The van der Waals surface area contributed by atoms with Crippen LogP contribution >= 0.6 is 0 Å². The van der Waals surface area contributed by atoms with Crippen LogP contribution in [0.4, 0.5) is 5.69 Å². The van der Waals surface area contributed by atoms with Crippen LogP contribution in [0, 0.1) is 0 Å². The van der Waals surface area contributed by atoms with E-state index in [9.17, 15) is 0 Å². The summed E-state index contributed by atoms with van der Waals surface area (Å²) in [6.07, 6.45) is 5.69. The molecule has 0 aliphatic carbocycles. The van der Waals surface area contributed by atoms with Crippen molar-refractivity contribution in [2.75, 3.05) is 25.5 Å². The molecule has 0 radical (unpaired) electrons. The Hall–Kier alpha value is -1.61. The third-order valence-electron chi connectivity index (χ3n) is 3.91. The molecule has 1 N–H and O–H groups in total. The Bertz CT molecular complexity index is 552. The van der Waals surface area contributed by atoms with Gasteiger partial charge in [-0.05, 0) is 51.5 Å². The van der Waals surface area contributed by atoms with Gasteiger partial charge in [0, 0.05) is 11.4 Å². The van der Waals surface area contributed by atoms with Crippen molar-refractivity contribution in [1.29, 1.82) is 0 Å². The third-order valence-corrected chi connectivity index (χ3v) is 3.91. The monoisotopic (exact) mass is 255 g/mol. The molecule has 3 nitrogen and oxygen atoms in total. The van der Waals surface area contributed by atoms with Crippen molar-refractivity contribution in [1.82, 2.24) is 9.88 Å². The summed E-state index contributed by atoms with van der Waals surface area (Å²) < 4.78 is 0. The molecule has 0 amide bonds. The molecule has 1 aliphatic rings. The van der Waals surface area contributed by atoms with Gasteiger partial charge in [-0.2, -0.15) is 0 Å². The molecule has 1 atom stereocenters. The van der Waals surface area contributed by atoms with Crippen LogP contribution in [0.25, 0.3) is 10.9 Å². The molecule has 3 rings (SSSR count). The number of likely N-dealkylation sites (tertiary alicyclic amines) is 1. The van der Waals surface area contributed by atoms with Gasteiger partial charge in [0.05, 0.1) is 17.4 Å². The van der Waals surface area contributed by atoms with Crippen LogP contribution in [0.1, 0.15) is 19.3 Å². The topological polar surface area (TPSA) is 28.2 Å². The fourth-order valence-corrected chi connectivity index (χ4v) is 2.77. The van der Waals surface area contributed by atoms with Gasteiger partial charge in [-0.25, -0.2) is 0 Å². The average Bonchev–Trinajstić information content (AvgIpc) is 2.64. The van der Waals surface area contributed by atoms with Gasteiger partial charge in [0.1, 0.15) is 0 Å². The van der Waals surface area contributed by atoms with Gasteiger partial charge in [0.25, 0.3) is 0 Å². The summed E-state index contributed by atoms with van der Waals surface area (Å²) in [7, 11) is 2.21. The van der Waals surface area contributed by atoms with Crippen LogP contribution in [0.2, 0.25) is 0 Å². The molecule has 100 valence electrons. The second-order valence-corrected chi connectivity index (χ2v) is 5.49. The number of rotatable bonds is 2. The number of pyridine rings is 1. The summed E-state index contributed by atoms with van der Waals surface area (Å²) in [5, 5.41) is 4.85. The summed E-state index contributed by atoms with van der Waals surface area (Å²) in [4.78, 5) is 6.93. The zero-order valence-electron chi connectivity index (χ0n) is 11.5. The number of fused-ring (bicyclic) bond motifs is 1. The maximum Gasteiger partial charge on any atom is 0.0703 e. The van der Waals surface area contributed by atoms with Crippen LogP contribution in [0.15, 0.2) is 36.5 Å². The first-order chi connectivity index (χ1) is 9.31. The summed E-state index contributed by atoms with van der Waals surface area (Å²) in [5.74, 6) is 0. The molecular weight excluding hydrogens is 234 g/mol. The van der Waals surface area contributed by atoms with E-state index < -0.39 is 0 Å². The van der Waals surface area contributed by atoms with Gasteiger partial charge in [-0.1, -0.05) is 18.2 Å². The molecule has 0 saturated carbocycles. The van der Waals surface area contributed by atoms with Gasteiger partial charge in [0.15, 0.2) is 0 Å². The van der Waals surface area contributed by atoms with Gasteiger partial charge in [-0.3, -0.25) is 4.98 Å². The second kappa shape index (κ2) is 5.57. The van der Waals surface area contributed by atoms with Crippen molar-refractivity contribution in [2.24, 2.45) is 0 Å². The molecular formula is C16H21N3. The molecule has 19 heavy (non-hydrogen) atoms. The number of para-hydroxylation sites is 1. The average molecular weight is 255 g/mol. The Morgan fingerprint density at radius 2 is 2.11 bits per heavy atom. The molecule has 3 heteroatoms. The number of hydrogen-bond acceptors (Lipinski definition) is 3. The van der Waals surface area contributed by atoms with Crippen LogP contribution in [-0.4, -0.2) is 36.1 Å². The normalized spacial score (nSPS) is 21.2. The lowest BCUT2D eigenvalue weighted by Gasteiger charge is -2.18. The highest BCUT2D eigenvalue weighted by molar-refractivity contribution is 5.81. The predicted octanol–water partition coefficient (Wildman–Crippen LogP) is 3.13. The molecule has 0 bridgehead atoms. The molecule has 1 aromatic carbocycles. The Morgan fingerprint density at radius 1 is 1.21 bits per heavy atom. The Kier molecular flexibility index (Phi) is 3.65. The summed E-state index contributed by atoms with van der Waals surface area (Å²) in [5.41, 5.74) is 2.21. The summed E-state index contributed by atoms with van der Waals surface area (Å²) in [6, 6.07) is 11.1. The molecule has 1 aromatic heterocycles. The highest BCUT2D eigenvalue weighted by Crippen LogP contribution is 2.19. The van der Waals surface area contributed by atoms with Crippen LogP contribution in [0.3, 0.4) is 0 Å². The number of benzene rings is 1. The maximum atomic E-state index is 4.51. The fourth-order valence-electron chi connectivity index (χ4n) is 2.77. The van der Waals surface area contributed by atoms with E-state index in [0.717, 1.165) is 11.2 Å². The second-order valence-electron chi connectivity index (χ2n) is 5.49. The van der Waals surface area contributed by atoms with E-state index in [2.05, 4.69) is 46.5 Å². The fraction of sp³-hybridized carbons (Fsp3) is 0.438. The number of nitrogens with zero attached hydrogens (tertiary/aromatic N) is 2. The first kappa shape index (κ1) is 12.4. The maximum absolute atomic E-state index is 4.51. The van der Waals surface area contributed by atoms with Crippen molar-refractivity contribution in [3.8, 4) is 0 Å². The molecule has 2 heterocycles. The van der Waals surface area contributed by atoms with Gasteiger partial charge >= 0.3 is 0 Å². The van der Waals surface area contributed by atoms with E-state index >= 15 is 0 Å². The van der Waals surface area contributed by atoms with Crippen LogP contribution < -0.4 is 5.32 Å². The lowest BCUT2D eigenvalue weighted by Crippen LogP contribution is -2.23. The smallest absolute Gasteiger partial charge is 0.0703 e. The molecule has 2 aromatic rings. The molecule has 1 fully saturated rings. The van der Waals surface area contributed by atoms with Gasteiger partial charge in [0.2, 0.25) is 0 Å². The van der Waals surface area contributed by atoms with Crippen molar-refractivity contribution in [2.45, 2.75) is 25.3 Å². The molecule has 0 spiro atoms. The Labute approximate surface area is 114 Å². The first-order valence-electron chi connectivity index (χ1n) is 7.11. The SMILES string of the molecule is CN1CCCC(Nc2cnc3ccccc3c2)CC1. The largest absolute Gasteiger partial charge is 0.381 e. The zero-order chi connectivity index (χ0) is 13.1. The quantitative estimate of drug-likeness (QED) is 0.893. The highest BCUT2D eigenvalue weighted by Gasteiger charge is 2.14. The summed E-state index contributed by atoms with van der Waals surface area (Å²) >= 11 is 0. The third kappa shape index (κ3) is 3.04. The Balaban J connectivity index is 1.73. The van der Waals surface area contributed by atoms with Gasteiger partial charge < -0.3 is 10.2 Å². The molecule has 1 unspecified atom stereocenters. The van der Waals surface area contributed by atoms with Crippen LogP contribution in [0.5, 0.6) is 0 Å². The number of anilines is 1. The highest BCUT2D eigenvalue weighted by atomic mass is 15.1. The molecule has 1 saturated heterocycles. The van der Waals surface area contributed by atoms with E-state index in [4.69, 9.17) is 0 Å². The number of nitrogens with one attached hydrogen (secondary N) is 1. The van der Waals surface area contributed by atoms with E-state index in [1.54, 1.807) is 0 Å². The number of aromatic nitrogens is 1. The minimum absolute atomic E-state index is 0.577. The minimum Gasteiger partial charge on any atom is -0.381 e. The zero-order valence-corrected chi connectivity index (χ0v) is 11.5. The Morgan fingerprint density at radius 3 is 3.05 bits per heavy atom. The van der Waals surface area contributed by atoms with Crippen molar-refractivity contribution in [3.05, 3.63) is 36.5 Å².